The van der Waals surface area contributed by atoms with E-state index in [-0.39, 0.29) is 17.6 Å². The van der Waals surface area contributed by atoms with Gasteiger partial charge in [0.1, 0.15) is 0 Å². The summed E-state index contributed by atoms with van der Waals surface area (Å²) in [5.41, 5.74) is 1.33. The summed E-state index contributed by atoms with van der Waals surface area (Å²) in [7, 11) is 0. The van der Waals surface area contributed by atoms with Gasteiger partial charge in [0.2, 0.25) is 0 Å². The quantitative estimate of drug-likeness (QED) is 0.187. The van der Waals surface area contributed by atoms with Crippen molar-refractivity contribution >= 4 is 5.78 Å². The van der Waals surface area contributed by atoms with Crippen LogP contribution in [0.4, 0.5) is 0 Å². The maximum absolute atomic E-state index is 13.1. The fourth-order valence-corrected chi connectivity index (χ4v) is 4.26. The molecule has 0 unspecified atom stereocenters. The van der Waals surface area contributed by atoms with E-state index in [1.54, 1.807) is 0 Å². The molecule has 12 heteroatoms. The van der Waals surface area contributed by atoms with Gasteiger partial charge in [-0.05, 0) is 45.8 Å². The van der Waals surface area contributed by atoms with Crippen LogP contribution in [0.2, 0.25) is 0 Å². The first-order valence-electron chi connectivity index (χ1n) is 10.3. The summed E-state index contributed by atoms with van der Waals surface area (Å²) in [5, 5.41) is 42.0. The SMILES string of the molecule is O=C(C1=CC=C/C1=C(/OOOOOOOOOOO)C1CCCCC1)C1CCCCC1. The third-order valence-corrected chi connectivity index (χ3v) is 5.65. The van der Waals surface area contributed by atoms with Gasteiger partial charge in [0.15, 0.2) is 11.5 Å². The summed E-state index contributed by atoms with van der Waals surface area (Å²) < 4.78 is 0. The molecule has 2 fully saturated rings. The Morgan fingerprint density at radius 2 is 1.29 bits per heavy atom. The highest BCUT2D eigenvalue weighted by molar-refractivity contribution is 6.03. The molecule has 1 N–H and O–H groups in total. The fourth-order valence-electron chi connectivity index (χ4n) is 4.26. The lowest BCUT2D eigenvalue weighted by Gasteiger charge is -2.25. The maximum Gasteiger partial charge on any atom is 0.166 e. The molecule has 31 heavy (non-hydrogen) atoms. The van der Waals surface area contributed by atoms with Gasteiger partial charge in [-0.25, -0.2) is 5.26 Å². The molecule has 0 atom stereocenters. The Balaban J connectivity index is 1.57. The highest BCUT2D eigenvalue weighted by atomic mass is 17.9. The molecule has 0 radical (unpaired) electrons. The predicted molar refractivity (Wildman–Crippen MR) is 95.9 cm³/mol. The average molecular weight is 446 g/mol. The third kappa shape index (κ3) is 7.43. The minimum atomic E-state index is 0.0380. The molecule has 3 aliphatic carbocycles. The second kappa shape index (κ2) is 13.6. The van der Waals surface area contributed by atoms with Gasteiger partial charge in [0, 0.05) is 48.2 Å². The van der Waals surface area contributed by atoms with Gasteiger partial charge in [0.25, 0.3) is 0 Å². The van der Waals surface area contributed by atoms with E-state index >= 15 is 0 Å². The zero-order valence-electron chi connectivity index (χ0n) is 16.9. The van der Waals surface area contributed by atoms with Crippen molar-refractivity contribution in [3.63, 3.8) is 0 Å². The molecule has 174 valence electrons. The van der Waals surface area contributed by atoms with Gasteiger partial charge < -0.3 is 4.89 Å². The van der Waals surface area contributed by atoms with E-state index in [9.17, 15) is 4.79 Å². The van der Waals surface area contributed by atoms with E-state index in [0.717, 1.165) is 57.8 Å². The zero-order chi connectivity index (χ0) is 21.7. The molecule has 0 aromatic carbocycles. The fraction of sp³-hybridized carbons (Fsp3) is 0.632. The van der Waals surface area contributed by atoms with Crippen LogP contribution in [0.25, 0.3) is 0 Å². The number of Topliss-reactive ketones (excluding diaryl/α,β-unsaturated/α-hetero) is 1. The van der Waals surface area contributed by atoms with Gasteiger partial charge in [-0.15, -0.1) is 0 Å². The maximum atomic E-state index is 13.1. The lowest BCUT2D eigenvalue weighted by molar-refractivity contribution is -0.853. The molecule has 0 amide bonds. The predicted octanol–water partition coefficient (Wildman–Crippen LogP) is 4.34. The summed E-state index contributed by atoms with van der Waals surface area (Å²) in [6.45, 7) is 0. The van der Waals surface area contributed by atoms with E-state index in [1.165, 1.54) is 6.42 Å². The molecule has 0 spiro atoms. The van der Waals surface area contributed by atoms with Crippen LogP contribution in [-0.4, -0.2) is 11.0 Å². The first-order valence-corrected chi connectivity index (χ1v) is 10.3. The number of rotatable bonds is 13. The van der Waals surface area contributed by atoms with Crippen molar-refractivity contribution in [2.24, 2.45) is 11.8 Å². The summed E-state index contributed by atoms with van der Waals surface area (Å²) >= 11 is 0. The van der Waals surface area contributed by atoms with Gasteiger partial charge >= 0.3 is 0 Å². The van der Waals surface area contributed by atoms with E-state index < -0.39 is 0 Å². The summed E-state index contributed by atoms with van der Waals surface area (Å²) in [4.78, 5) is 18.5. The van der Waals surface area contributed by atoms with Gasteiger partial charge in [0.05, 0.1) is 0 Å². The molecule has 3 rings (SSSR count). The standard InChI is InChI=1S/C19H26O12/c20-18(14-8-3-1-4-9-14)16-12-7-13-17(16)19(15-10-5-2-6-11-15)22-24-26-28-30-31-29-27-25-23-21/h7,12-15,21H,1-6,8-11H2/b19-17-. The van der Waals surface area contributed by atoms with Crippen LogP contribution in [-0.2, 0) is 55.0 Å². The van der Waals surface area contributed by atoms with Crippen molar-refractivity contribution in [2.45, 2.75) is 64.2 Å². The first-order chi connectivity index (χ1) is 15.3. The molecule has 0 bridgehead atoms. The zero-order valence-corrected chi connectivity index (χ0v) is 16.9. The third-order valence-electron chi connectivity index (χ3n) is 5.65. The summed E-state index contributed by atoms with van der Waals surface area (Å²) in [5.74, 6) is 0.747. The second-order valence-electron chi connectivity index (χ2n) is 7.45. The van der Waals surface area contributed by atoms with Crippen LogP contribution in [0, 0.1) is 11.8 Å². The topological polar surface area (TPSA) is 130 Å². The molecule has 3 aliphatic rings. The Kier molecular flexibility index (Phi) is 10.5. The van der Waals surface area contributed by atoms with E-state index in [2.05, 4.69) is 45.3 Å². The Morgan fingerprint density at radius 3 is 1.90 bits per heavy atom. The molecule has 2 saturated carbocycles. The Bertz CT molecular complexity index is 646. The first kappa shape index (κ1) is 23.9. The van der Waals surface area contributed by atoms with E-state index in [4.69, 9.17) is 10.1 Å². The van der Waals surface area contributed by atoms with Gasteiger partial charge in [-0.2, -0.15) is 0 Å². The molecule has 12 nitrogen and oxygen atoms in total. The largest absolute Gasteiger partial charge is 0.310 e. The second-order valence-corrected chi connectivity index (χ2v) is 7.45. The molecular formula is C19H26O12. The van der Waals surface area contributed by atoms with Crippen LogP contribution < -0.4 is 0 Å². The summed E-state index contributed by atoms with van der Waals surface area (Å²) in [6, 6.07) is 0. The van der Waals surface area contributed by atoms with Crippen molar-refractivity contribution < 1.29 is 60.3 Å². The number of carbonyl (C=O) groups excluding carboxylic acids is 1. The van der Waals surface area contributed by atoms with Crippen molar-refractivity contribution in [3.8, 4) is 0 Å². The monoisotopic (exact) mass is 446 g/mol. The molecular weight excluding hydrogens is 420 g/mol. The molecule has 0 saturated heterocycles. The van der Waals surface area contributed by atoms with Gasteiger partial charge in [-0.3, -0.25) is 4.79 Å². The van der Waals surface area contributed by atoms with E-state index in [1.807, 2.05) is 18.2 Å². The lowest BCUT2D eigenvalue weighted by atomic mass is 9.80. The van der Waals surface area contributed by atoms with E-state index in [0.29, 0.717) is 16.9 Å². The number of carbonyl (C=O) groups is 1. The van der Waals surface area contributed by atoms with Crippen LogP contribution >= 0.6 is 0 Å². The van der Waals surface area contributed by atoms with Crippen LogP contribution in [0.3, 0.4) is 0 Å². The normalized spacial score (nSPS) is 21.9. The Labute approximate surface area is 178 Å². The highest BCUT2D eigenvalue weighted by Crippen LogP contribution is 2.38. The van der Waals surface area contributed by atoms with Crippen LogP contribution in [0.1, 0.15) is 64.2 Å². The molecule has 0 aromatic heterocycles. The number of hydrogen-bond donors (Lipinski definition) is 1. The smallest absolute Gasteiger partial charge is 0.166 e. The molecule has 0 aromatic rings. The minimum Gasteiger partial charge on any atom is -0.310 e. The van der Waals surface area contributed by atoms with Gasteiger partial charge in [-0.1, -0.05) is 56.8 Å². The van der Waals surface area contributed by atoms with Crippen LogP contribution in [0.15, 0.2) is 35.1 Å². The summed E-state index contributed by atoms with van der Waals surface area (Å²) in [6.07, 6.45) is 15.7. The minimum absolute atomic E-state index is 0.0380. The van der Waals surface area contributed by atoms with Crippen molar-refractivity contribution in [1.29, 1.82) is 0 Å². The lowest BCUT2D eigenvalue weighted by Crippen LogP contribution is -2.21. The number of ketones is 1. The Hall–Kier alpha value is -1.71. The number of allylic oxidation sites excluding steroid dienone is 6. The molecule has 0 heterocycles. The van der Waals surface area contributed by atoms with Crippen molar-refractivity contribution in [2.75, 3.05) is 0 Å². The van der Waals surface area contributed by atoms with Crippen molar-refractivity contribution in [3.05, 3.63) is 35.1 Å². The number of hydrogen-bond acceptors (Lipinski definition) is 12. The Morgan fingerprint density at radius 1 is 0.742 bits per heavy atom. The highest BCUT2D eigenvalue weighted by Gasteiger charge is 2.31. The molecule has 0 aliphatic heterocycles. The van der Waals surface area contributed by atoms with Crippen LogP contribution in [0.5, 0.6) is 0 Å². The average Bonchev–Trinajstić information content (AvgIpc) is 3.30. The van der Waals surface area contributed by atoms with Crippen molar-refractivity contribution in [1.82, 2.24) is 0 Å².